The molecular formula is C13H16F2O3S. The van der Waals surface area contributed by atoms with Crippen molar-refractivity contribution in [2.45, 2.75) is 37.9 Å². The first kappa shape index (κ1) is 15.9. The summed E-state index contributed by atoms with van der Waals surface area (Å²) >= 11 is 0.735. The summed E-state index contributed by atoms with van der Waals surface area (Å²) in [6.45, 7) is 4.71. The van der Waals surface area contributed by atoms with Gasteiger partial charge < -0.3 is 9.84 Å². The number of aliphatic hydroxyl groups excluding tert-OH is 1. The standard InChI is InChI=1S/C13H16F2O3S/c1-13(2,3)18-11(17)7-19-12-9(14)4-8(6-16)5-10(12)15/h4-5,16H,6-7H2,1-3H3. The second-order valence-corrected chi connectivity index (χ2v) is 5.91. The lowest BCUT2D eigenvalue weighted by Gasteiger charge is -2.19. The van der Waals surface area contributed by atoms with Crippen molar-refractivity contribution in [1.29, 1.82) is 0 Å². The number of carbonyl (C=O) groups excluding carboxylic acids is 1. The molecule has 0 radical (unpaired) electrons. The van der Waals surface area contributed by atoms with E-state index in [1.54, 1.807) is 20.8 Å². The molecule has 1 aromatic rings. The second-order valence-electron chi connectivity index (χ2n) is 4.92. The van der Waals surface area contributed by atoms with Gasteiger partial charge in [0.15, 0.2) is 0 Å². The number of thioether (sulfide) groups is 1. The zero-order valence-electron chi connectivity index (χ0n) is 11.0. The van der Waals surface area contributed by atoms with Crippen LogP contribution in [0.3, 0.4) is 0 Å². The first-order chi connectivity index (χ1) is 8.73. The highest BCUT2D eigenvalue weighted by Crippen LogP contribution is 2.27. The molecule has 1 N–H and O–H groups in total. The van der Waals surface area contributed by atoms with Gasteiger partial charge in [-0.2, -0.15) is 0 Å². The first-order valence-electron chi connectivity index (χ1n) is 5.66. The summed E-state index contributed by atoms with van der Waals surface area (Å²) in [5, 5.41) is 8.81. The van der Waals surface area contributed by atoms with Crippen molar-refractivity contribution in [1.82, 2.24) is 0 Å². The number of rotatable bonds is 4. The van der Waals surface area contributed by atoms with E-state index in [2.05, 4.69) is 0 Å². The zero-order chi connectivity index (χ0) is 14.6. The molecule has 1 rings (SSSR count). The molecule has 0 aliphatic rings. The number of ether oxygens (including phenoxy) is 1. The van der Waals surface area contributed by atoms with Crippen LogP contribution in [-0.2, 0) is 16.1 Å². The number of carbonyl (C=O) groups is 1. The Morgan fingerprint density at radius 3 is 2.26 bits per heavy atom. The molecule has 3 nitrogen and oxygen atoms in total. The number of aliphatic hydroxyl groups is 1. The van der Waals surface area contributed by atoms with Crippen molar-refractivity contribution in [2.24, 2.45) is 0 Å². The summed E-state index contributed by atoms with van der Waals surface area (Å²) in [6, 6.07) is 2.08. The fraction of sp³-hybridized carbons (Fsp3) is 0.462. The van der Waals surface area contributed by atoms with Crippen molar-refractivity contribution in [3.05, 3.63) is 29.3 Å². The average molecular weight is 290 g/mol. The molecule has 0 unspecified atom stereocenters. The Labute approximate surface area is 115 Å². The van der Waals surface area contributed by atoms with E-state index in [1.807, 2.05) is 0 Å². The van der Waals surface area contributed by atoms with Crippen LogP contribution in [0.4, 0.5) is 8.78 Å². The molecule has 0 heterocycles. The van der Waals surface area contributed by atoms with Crippen molar-refractivity contribution in [2.75, 3.05) is 5.75 Å². The minimum atomic E-state index is -0.794. The minimum Gasteiger partial charge on any atom is -0.459 e. The molecule has 0 spiro atoms. The number of hydrogen-bond donors (Lipinski definition) is 1. The van der Waals surface area contributed by atoms with E-state index in [9.17, 15) is 13.6 Å². The number of halogens is 2. The molecule has 0 amide bonds. The van der Waals surface area contributed by atoms with Gasteiger partial charge in [0, 0.05) is 0 Å². The van der Waals surface area contributed by atoms with Gasteiger partial charge in [-0.05, 0) is 38.5 Å². The molecular weight excluding hydrogens is 274 g/mol. The molecule has 0 saturated carbocycles. The second kappa shape index (κ2) is 6.34. The molecule has 106 valence electrons. The summed E-state index contributed by atoms with van der Waals surface area (Å²) in [4.78, 5) is 11.2. The molecule has 0 atom stereocenters. The molecule has 1 aromatic carbocycles. The molecule has 19 heavy (non-hydrogen) atoms. The molecule has 0 fully saturated rings. The molecule has 0 aliphatic heterocycles. The Bertz CT molecular complexity index is 446. The van der Waals surface area contributed by atoms with Crippen LogP contribution in [0.1, 0.15) is 26.3 Å². The zero-order valence-corrected chi connectivity index (χ0v) is 11.8. The topological polar surface area (TPSA) is 46.5 Å². The molecule has 0 saturated heterocycles. The van der Waals surface area contributed by atoms with Gasteiger partial charge in [0.05, 0.1) is 17.3 Å². The van der Waals surface area contributed by atoms with E-state index in [4.69, 9.17) is 9.84 Å². The van der Waals surface area contributed by atoms with Gasteiger partial charge in [0.1, 0.15) is 17.2 Å². The van der Waals surface area contributed by atoms with Crippen LogP contribution in [0.2, 0.25) is 0 Å². The van der Waals surface area contributed by atoms with Crippen molar-refractivity contribution in [3.63, 3.8) is 0 Å². The maximum absolute atomic E-state index is 13.6. The minimum absolute atomic E-state index is 0.150. The maximum atomic E-state index is 13.6. The Balaban J connectivity index is 2.71. The Kier molecular flexibility index (Phi) is 5.31. The summed E-state index contributed by atoms with van der Waals surface area (Å²) in [5.41, 5.74) is -0.480. The number of hydrogen-bond acceptors (Lipinski definition) is 4. The lowest BCUT2D eigenvalue weighted by Crippen LogP contribution is -2.25. The highest BCUT2D eigenvalue weighted by molar-refractivity contribution is 8.00. The van der Waals surface area contributed by atoms with Crippen LogP contribution in [0, 0.1) is 11.6 Å². The fourth-order valence-corrected chi connectivity index (χ4v) is 2.06. The number of esters is 1. The van der Waals surface area contributed by atoms with E-state index >= 15 is 0 Å². The van der Waals surface area contributed by atoms with Crippen LogP contribution in [0.5, 0.6) is 0 Å². The van der Waals surface area contributed by atoms with E-state index < -0.39 is 29.8 Å². The summed E-state index contributed by atoms with van der Waals surface area (Å²) in [6.07, 6.45) is 0. The lowest BCUT2D eigenvalue weighted by atomic mass is 10.2. The summed E-state index contributed by atoms with van der Waals surface area (Å²) < 4.78 is 32.2. The Morgan fingerprint density at radius 2 is 1.84 bits per heavy atom. The van der Waals surface area contributed by atoms with Crippen molar-refractivity contribution in [3.8, 4) is 0 Å². The van der Waals surface area contributed by atoms with Crippen LogP contribution in [-0.4, -0.2) is 22.4 Å². The molecule has 0 aliphatic carbocycles. The predicted molar refractivity (Wildman–Crippen MR) is 68.8 cm³/mol. The summed E-state index contributed by atoms with van der Waals surface area (Å²) in [5.74, 6) is -2.30. The molecule has 0 aromatic heterocycles. The van der Waals surface area contributed by atoms with Crippen molar-refractivity contribution >= 4 is 17.7 Å². The van der Waals surface area contributed by atoms with Crippen molar-refractivity contribution < 1.29 is 23.4 Å². The normalized spacial score (nSPS) is 11.5. The van der Waals surface area contributed by atoms with E-state index in [-0.39, 0.29) is 16.2 Å². The maximum Gasteiger partial charge on any atom is 0.316 e. The first-order valence-corrected chi connectivity index (χ1v) is 6.65. The van der Waals surface area contributed by atoms with Gasteiger partial charge in [-0.1, -0.05) is 0 Å². The fourth-order valence-electron chi connectivity index (χ4n) is 1.34. The van der Waals surface area contributed by atoms with Gasteiger partial charge in [0.25, 0.3) is 0 Å². The van der Waals surface area contributed by atoms with Gasteiger partial charge in [-0.25, -0.2) is 8.78 Å². The van der Waals surface area contributed by atoms with Crippen LogP contribution in [0.15, 0.2) is 17.0 Å². The lowest BCUT2D eigenvalue weighted by molar-refractivity contribution is -0.151. The third-order valence-electron chi connectivity index (χ3n) is 2.00. The van der Waals surface area contributed by atoms with Crippen LogP contribution in [0.25, 0.3) is 0 Å². The highest BCUT2D eigenvalue weighted by atomic mass is 32.2. The SMILES string of the molecule is CC(C)(C)OC(=O)CSc1c(F)cc(CO)cc1F. The quantitative estimate of drug-likeness (QED) is 0.684. The largest absolute Gasteiger partial charge is 0.459 e. The Hall–Kier alpha value is -1.14. The van der Waals surface area contributed by atoms with Crippen LogP contribution < -0.4 is 0 Å². The third kappa shape index (κ3) is 5.16. The van der Waals surface area contributed by atoms with Crippen LogP contribution >= 0.6 is 11.8 Å². The predicted octanol–water partition coefficient (Wildman–Crippen LogP) is 2.89. The van der Waals surface area contributed by atoms with Gasteiger partial charge >= 0.3 is 5.97 Å². The van der Waals surface area contributed by atoms with E-state index in [0.29, 0.717) is 0 Å². The molecule has 6 heteroatoms. The van der Waals surface area contributed by atoms with E-state index in [0.717, 1.165) is 23.9 Å². The van der Waals surface area contributed by atoms with Gasteiger partial charge in [-0.15, -0.1) is 11.8 Å². The van der Waals surface area contributed by atoms with Gasteiger partial charge in [-0.3, -0.25) is 4.79 Å². The third-order valence-corrected chi connectivity index (χ3v) is 3.05. The van der Waals surface area contributed by atoms with E-state index in [1.165, 1.54) is 0 Å². The summed E-state index contributed by atoms with van der Waals surface area (Å²) in [7, 11) is 0. The monoisotopic (exact) mass is 290 g/mol. The van der Waals surface area contributed by atoms with Gasteiger partial charge in [0.2, 0.25) is 0 Å². The smallest absolute Gasteiger partial charge is 0.316 e. The Morgan fingerprint density at radius 1 is 1.32 bits per heavy atom. The number of benzene rings is 1. The average Bonchev–Trinajstić information content (AvgIpc) is 2.25. The molecule has 0 bridgehead atoms. The highest BCUT2D eigenvalue weighted by Gasteiger charge is 2.18.